The summed E-state index contributed by atoms with van der Waals surface area (Å²) in [5.41, 5.74) is 0. The molecule has 8 nitrogen and oxygen atoms in total. The fraction of sp³-hybridized carbons (Fsp3) is 0.667. The van der Waals surface area contributed by atoms with E-state index in [1.807, 2.05) is 0 Å². The Hall–Kier alpha value is -2.11. The maximum atomic E-state index is 11.4. The van der Waals surface area contributed by atoms with E-state index in [0.29, 0.717) is 0 Å². The number of esters is 3. The lowest BCUT2D eigenvalue weighted by Gasteiger charge is -2.43. The van der Waals surface area contributed by atoms with E-state index >= 15 is 0 Å². The van der Waals surface area contributed by atoms with Crippen molar-refractivity contribution in [1.82, 2.24) is 0 Å². The molecule has 0 radical (unpaired) electrons. The van der Waals surface area contributed by atoms with Crippen LogP contribution in [0.5, 0.6) is 0 Å². The number of carbonyl (C=O) groups is 3. The number of carbonyl (C=O) groups excluding carboxylic acids is 3. The highest BCUT2D eigenvalue weighted by Gasteiger charge is 2.50. The first-order valence-corrected chi connectivity index (χ1v) is 6.98. The minimum atomic E-state index is -1.12. The van der Waals surface area contributed by atoms with Crippen molar-refractivity contribution in [2.75, 3.05) is 6.61 Å². The molecule has 1 saturated heterocycles. The fourth-order valence-corrected chi connectivity index (χ4v) is 2.23. The number of rotatable bonds is 5. The average molecular weight is 328 g/mol. The SMILES string of the molecule is C#CCOC1OC(C)C(OC(C)=O)C(OC(C)=O)C1OC(C)=O. The molecule has 128 valence electrons. The van der Waals surface area contributed by atoms with Gasteiger partial charge in [0, 0.05) is 20.8 Å². The number of hydrogen-bond donors (Lipinski definition) is 0. The van der Waals surface area contributed by atoms with Gasteiger partial charge in [-0.05, 0) is 6.92 Å². The summed E-state index contributed by atoms with van der Waals surface area (Å²) in [5, 5.41) is 0. The Kier molecular flexibility index (Phi) is 7.00. The largest absolute Gasteiger partial charge is 0.456 e. The van der Waals surface area contributed by atoms with Gasteiger partial charge in [0.1, 0.15) is 6.61 Å². The zero-order valence-electron chi connectivity index (χ0n) is 13.4. The molecular weight excluding hydrogens is 308 g/mol. The van der Waals surface area contributed by atoms with E-state index < -0.39 is 48.6 Å². The quantitative estimate of drug-likeness (QED) is 0.400. The summed E-state index contributed by atoms with van der Waals surface area (Å²) in [7, 11) is 0. The summed E-state index contributed by atoms with van der Waals surface area (Å²) in [6, 6.07) is 0. The second kappa shape index (κ2) is 8.50. The van der Waals surface area contributed by atoms with Crippen LogP contribution in [0.3, 0.4) is 0 Å². The molecule has 8 heteroatoms. The Morgan fingerprint density at radius 1 is 0.957 bits per heavy atom. The molecule has 0 bridgehead atoms. The first-order valence-electron chi connectivity index (χ1n) is 6.98. The van der Waals surface area contributed by atoms with E-state index in [-0.39, 0.29) is 6.61 Å². The Morgan fingerprint density at radius 2 is 1.43 bits per heavy atom. The maximum Gasteiger partial charge on any atom is 0.303 e. The lowest BCUT2D eigenvalue weighted by atomic mass is 9.99. The topological polar surface area (TPSA) is 97.4 Å². The Labute approximate surface area is 134 Å². The summed E-state index contributed by atoms with van der Waals surface area (Å²) in [6.07, 6.45) is 0.270. The van der Waals surface area contributed by atoms with Crippen LogP contribution in [0.15, 0.2) is 0 Å². The zero-order chi connectivity index (χ0) is 17.6. The number of hydrogen-bond acceptors (Lipinski definition) is 8. The molecule has 5 unspecified atom stereocenters. The van der Waals surface area contributed by atoms with E-state index in [4.69, 9.17) is 30.1 Å². The van der Waals surface area contributed by atoms with Crippen LogP contribution in [0.1, 0.15) is 27.7 Å². The second-order valence-electron chi connectivity index (χ2n) is 4.95. The van der Waals surface area contributed by atoms with Gasteiger partial charge in [-0.15, -0.1) is 6.42 Å². The second-order valence-corrected chi connectivity index (χ2v) is 4.95. The van der Waals surface area contributed by atoms with Gasteiger partial charge in [0.2, 0.25) is 0 Å². The van der Waals surface area contributed by atoms with Gasteiger partial charge in [0.15, 0.2) is 24.6 Å². The molecule has 1 aliphatic heterocycles. The Morgan fingerprint density at radius 3 is 1.91 bits per heavy atom. The monoisotopic (exact) mass is 328 g/mol. The normalized spacial score (nSPS) is 30.0. The zero-order valence-corrected chi connectivity index (χ0v) is 13.4. The first kappa shape index (κ1) is 18.9. The van der Waals surface area contributed by atoms with Crippen LogP contribution < -0.4 is 0 Å². The van der Waals surface area contributed by atoms with E-state index in [9.17, 15) is 14.4 Å². The highest BCUT2D eigenvalue weighted by atomic mass is 16.7. The van der Waals surface area contributed by atoms with Gasteiger partial charge in [0.05, 0.1) is 6.10 Å². The van der Waals surface area contributed by atoms with Crippen LogP contribution in [0.25, 0.3) is 0 Å². The van der Waals surface area contributed by atoms with Crippen molar-refractivity contribution in [3.63, 3.8) is 0 Å². The summed E-state index contributed by atoms with van der Waals surface area (Å²) in [6.45, 7) is 5.09. The van der Waals surface area contributed by atoms with Crippen molar-refractivity contribution in [2.24, 2.45) is 0 Å². The number of ether oxygens (including phenoxy) is 5. The van der Waals surface area contributed by atoms with Crippen LogP contribution in [0.4, 0.5) is 0 Å². The molecule has 1 heterocycles. The first-order chi connectivity index (χ1) is 10.8. The third-order valence-electron chi connectivity index (χ3n) is 2.96. The summed E-state index contributed by atoms with van der Waals surface area (Å²) >= 11 is 0. The number of terminal acetylenes is 1. The molecule has 0 aromatic heterocycles. The molecule has 1 rings (SSSR count). The molecule has 1 fully saturated rings. The molecule has 0 amide bonds. The van der Waals surface area contributed by atoms with Gasteiger partial charge in [0.25, 0.3) is 0 Å². The molecular formula is C15H20O8. The van der Waals surface area contributed by atoms with Crippen molar-refractivity contribution in [3.8, 4) is 12.3 Å². The predicted molar refractivity (Wildman–Crippen MR) is 75.8 cm³/mol. The fourth-order valence-electron chi connectivity index (χ4n) is 2.23. The standard InChI is InChI=1S/C15H20O8/c1-6-7-19-15-14(23-11(5)18)13(22-10(4)17)12(8(2)20-15)21-9(3)16/h1,8,12-15H,7H2,2-5H3. The van der Waals surface area contributed by atoms with Crippen molar-refractivity contribution in [1.29, 1.82) is 0 Å². The smallest absolute Gasteiger partial charge is 0.303 e. The van der Waals surface area contributed by atoms with Crippen molar-refractivity contribution in [2.45, 2.75) is 58.4 Å². The molecule has 0 N–H and O–H groups in total. The molecule has 5 atom stereocenters. The van der Waals surface area contributed by atoms with Crippen molar-refractivity contribution >= 4 is 17.9 Å². The molecule has 0 spiro atoms. The summed E-state index contributed by atoms with van der Waals surface area (Å²) in [4.78, 5) is 34.0. The van der Waals surface area contributed by atoms with Crippen LogP contribution in [-0.4, -0.2) is 55.2 Å². The molecule has 23 heavy (non-hydrogen) atoms. The summed E-state index contributed by atoms with van der Waals surface area (Å²) < 4.78 is 26.4. The van der Waals surface area contributed by atoms with Gasteiger partial charge < -0.3 is 23.7 Å². The van der Waals surface area contributed by atoms with Crippen LogP contribution in [0.2, 0.25) is 0 Å². The van der Waals surface area contributed by atoms with Crippen LogP contribution >= 0.6 is 0 Å². The Bertz CT molecular complexity index is 494. The lowest BCUT2D eigenvalue weighted by molar-refractivity contribution is -0.298. The van der Waals surface area contributed by atoms with Crippen LogP contribution in [0, 0.1) is 12.3 Å². The predicted octanol–water partition coefficient (Wildman–Crippen LogP) is 0.176. The van der Waals surface area contributed by atoms with E-state index in [2.05, 4.69) is 5.92 Å². The molecule has 0 aliphatic carbocycles. The van der Waals surface area contributed by atoms with Gasteiger partial charge in [-0.1, -0.05) is 5.92 Å². The van der Waals surface area contributed by atoms with Gasteiger partial charge in [-0.25, -0.2) is 0 Å². The van der Waals surface area contributed by atoms with E-state index in [1.54, 1.807) is 6.92 Å². The highest BCUT2D eigenvalue weighted by molar-refractivity contribution is 5.68. The molecule has 1 aliphatic rings. The lowest BCUT2D eigenvalue weighted by Crippen LogP contribution is -2.61. The third-order valence-corrected chi connectivity index (χ3v) is 2.96. The average Bonchev–Trinajstić information content (AvgIpc) is 2.42. The highest BCUT2D eigenvalue weighted by Crippen LogP contribution is 2.29. The van der Waals surface area contributed by atoms with Crippen molar-refractivity contribution < 1.29 is 38.1 Å². The van der Waals surface area contributed by atoms with Crippen LogP contribution in [-0.2, 0) is 38.1 Å². The van der Waals surface area contributed by atoms with Crippen molar-refractivity contribution in [3.05, 3.63) is 0 Å². The van der Waals surface area contributed by atoms with Gasteiger partial charge >= 0.3 is 17.9 Å². The Balaban J connectivity index is 3.11. The minimum absolute atomic E-state index is 0.0970. The minimum Gasteiger partial charge on any atom is -0.456 e. The van der Waals surface area contributed by atoms with Gasteiger partial charge in [-0.3, -0.25) is 14.4 Å². The maximum absolute atomic E-state index is 11.4. The van der Waals surface area contributed by atoms with E-state index in [1.165, 1.54) is 20.8 Å². The molecule has 0 aromatic rings. The summed E-state index contributed by atoms with van der Waals surface area (Å²) in [5.74, 6) is 0.408. The van der Waals surface area contributed by atoms with Gasteiger partial charge in [-0.2, -0.15) is 0 Å². The molecule has 0 saturated carbocycles. The van der Waals surface area contributed by atoms with E-state index in [0.717, 1.165) is 0 Å². The molecule has 0 aromatic carbocycles. The third kappa shape index (κ3) is 5.54.